The van der Waals surface area contributed by atoms with Crippen molar-refractivity contribution in [3.63, 3.8) is 0 Å². The lowest BCUT2D eigenvalue weighted by atomic mass is 10.2. The molecule has 3 N–H and O–H groups in total. The monoisotopic (exact) mass is 266 g/mol. The first-order chi connectivity index (χ1) is 9.11. The standard InChI is InChI=1S/C11H14N4O4/c12-10(14-16)8-5-9(15(17)18)11(13-6-8)19-4-3-7-1-2-7/h5-7,16H,1-4H2,(H2,12,14). The molecule has 1 fully saturated rings. The molecule has 0 unspecified atom stereocenters. The zero-order valence-corrected chi connectivity index (χ0v) is 10.2. The minimum Gasteiger partial charge on any atom is -0.473 e. The fourth-order valence-electron chi connectivity index (χ4n) is 1.61. The molecule has 1 heterocycles. The maximum Gasteiger partial charge on any atom is 0.331 e. The fraction of sp³-hybridized carbons (Fsp3) is 0.455. The van der Waals surface area contributed by atoms with Gasteiger partial charge in [-0.15, -0.1) is 0 Å². The molecule has 0 saturated heterocycles. The van der Waals surface area contributed by atoms with Gasteiger partial charge in [0.2, 0.25) is 0 Å². The second kappa shape index (κ2) is 5.51. The van der Waals surface area contributed by atoms with Crippen molar-refractivity contribution in [2.45, 2.75) is 19.3 Å². The van der Waals surface area contributed by atoms with Crippen LogP contribution in [0.2, 0.25) is 0 Å². The number of aromatic nitrogens is 1. The van der Waals surface area contributed by atoms with E-state index in [1.54, 1.807) is 0 Å². The molecule has 8 nitrogen and oxygen atoms in total. The van der Waals surface area contributed by atoms with Gasteiger partial charge in [0, 0.05) is 17.8 Å². The highest BCUT2D eigenvalue weighted by molar-refractivity contribution is 5.97. The predicted molar refractivity (Wildman–Crippen MR) is 66.2 cm³/mol. The van der Waals surface area contributed by atoms with E-state index in [0.717, 1.165) is 6.42 Å². The number of nitrogens with two attached hydrogens (primary N) is 1. The number of rotatable bonds is 6. The summed E-state index contributed by atoms with van der Waals surface area (Å²) < 4.78 is 5.32. The van der Waals surface area contributed by atoms with Gasteiger partial charge in [-0.1, -0.05) is 18.0 Å². The van der Waals surface area contributed by atoms with E-state index < -0.39 is 4.92 Å². The largest absolute Gasteiger partial charge is 0.473 e. The van der Waals surface area contributed by atoms with E-state index in [-0.39, 0.29) is 23.0 Å². The Hall–Kier alpha value is -2.38. The molecule has 1 aromatic rings. The van der Waals surface area contributed by atoms with Crippen molar-refractivity contribution < 1.29 is 14.9 Å². The van der Waals surface area contributed by atoms with Gasteiger partial charge in [-0.3, -0.25) is 10.1 Å². The Kier molecular flexibility index (Phi) is 3.79. The van der Waals surface area contributed by atoms with E-state index in [1.165, 1.54) is 25.1 Å². The normalized spacial score (nSPS) is 15.3. The van der Waals surface area contributed by atoms with E-state index in [9.17, 15) is 10.1 Å². The molecule has 19 heavy (non-hydrogen) atoms. The molecule has 1 aliphatic carbocycles. The molecule has 0 amide bonds. The van der Waals surface area contributed by atoms with Crippen molar-refractivity contribution in [2.24, 2.45) is 16.8 Å². The number of hydrogen-bond acceptors (Lipinski definition) is 6. The molecule has 0 aliphatic heterocycles. The molecule has 102 valence electrons. The Morgan fingerprint density at radius 1 is 1.68 bits per heavy atom. The Morgan fingerprint density at radius 3 is 3.00 bits per heavy atom. The highest BCUT2D eigenvalue weighted by Crippen LogP contribution is 2.33. The summed E-state index contributed by atoms with van der Waals surface area (Å²) >= 11 is 0. The molecule has 1 aliphatic rings. The second-order valence-corrected chi connectivity index (χ2v) is 4.37. The van der Waals surface area contributed by atoms with Gasteiger partial charge in [-0.25, -0.2) is 4.98 Å². The van der Waals surface area contributed by atoms with Gasteiger partial charge in [-0.05, 0) is 12.3 Å². The van der Waals surface area contributed by atoms with Gasteiger partial charge in [0.25, 0.3) is 5.88 Å². The van der Waals surface area contributed by atoms with Crippen LogP contribution in [-0.2, 0) is 0 Å². The third-order valence-corrected chi connectivity index (χ3v) is 2.89. The summed E-state index contributed by atoms with van der Waals surface area (Å²) in [6.07, 6.45) is 4.54. The van der Waals surface area contributed by atoms with Crippen LogP contribution >= 0.6 is 0 Å². The third-order valence-electron chi connectivity index (χ3n) is 2.89. The Morgan fingerprint density at radius 2 is 2.42 bits per heavy atom. The van der Waals surface area contributed by atoms with Gasteiger partial charge in [0.05, 0.1) is 11.5 Å². The summed E-state index contributed by atoms with van der Waals surface area (Å²) in [6, 6.07) is 1.18. The lowest BCUT2D eigenvalue weighted by molar-refractivity contribution is -0.386. The molecule has 8 heteroatoms. The maximum atomic E-state index is 10.9. The number of nitro groups is 1. The molecule has 0 atom stereocenters. The average Bonchev–Trinajstić information content (AvgIpc) is 3.22. The van der Waals surface area contributed by atoms with E-state index in [2.05, 4.69) is 10.1 Å². The van der Waals surface area contributed by atoms with E-state index in [1.807, 2.05) is 0 Å². The van der Waals surface area contributed by atoms with Crippen molar-refractivity contribution >= 4 is 11.5 Å². The van der Waals surface area contributed by atoms with E-state index in [4.69, 9.17) is 15.7 Å². The first-order valence-electron chi connectivity index (χ1n) is 5.87. The molecule has 0 radical (unpaired) electrons. The quantitative estimate of drug-likeness (QED) is 0.262. The molecular formula is C11H14N4O4. The number of hydrogen-bond donors (Lipinski definition) is 2. The molecule has 1 saturated carbocycles. The van der Waals surface area contributed by atoms with Crippen LogP contribution in [0.1, 0.15) is 24.8 Å². The average molecular weight is 266 g/mol. The predicted octanol–water partition coefficient (Wildman–Crippen LogP) is 1.26. The summed E-state index contributed by atoms with van der Waals surface area (Å²) in [7, 11) is 0. The van der Waals surface area contributed by atoms with Crippen molar-refractivity contribution in [1.82, 2.24) is 4.98 Å². The number of oxime groups is 1. The Balaban J connectivity index is 2.14. The van der Waals surface area contributed by atoms with Crippen LogP contribution in [-0.4, -0.2) is 27.6 Å². The number of ether oxygens (including phenoxy) is 1. The second-order valence-electron chi connectivity index (χ2n) is 4.37. The molecule has 0 spiro atoms. The summed E-state index contributed by atoms with van der Waals surface area (Å²) in [5, 5.41) is 22.2. The topological polar surface area (TPSA) is 124 Å². The van der Waals surface area contributed by atoms with Crippen molar-refractivity contribution in [3.05, 3.63) is 27.9 Å². The van der Waals surface area contributed by atoms with Crippen LogP contribution in [0.15, 0.2) is 17.4 Å². The smallest absolute Gasteiger partial charge is 0.331 e. The lowest BCUT2D eigenvalue weighted by Crippen LogP contribution is -2.14. The van der Waals surface area contributed by atoms with Crippen LogP contribution in [0, 0.1) is 16.0 Å². The lowest BCUT2D eigenvalue weighted by Gasteiger charge is -2.06. The number of amidine groups is 1. The van der Waals surface area contributed by atoms with Crippen LogP contribution < -0.4 is 10.5 Å². The summed E-state index contributed by atoms with van der Waals surface area (Å²) in [5.41, 5.74) is 5.24. The zero-order valence-electron chi connectivity index (χ0n) is 10.2. The Labute approximate surface area is 109 Å². The van der Waals surface area contributed by atoms with E-state index in [0.29, 0.717) is 12.5 Å². The SMILES string of the molecule is NC(=NO)c1cnc(OCCC2CC2)c([N+](=O)[O-])c1. The van der Waals surface area contributed by atoms with Crippen molar-refractivity contribution in [3.8, 4) is 5.88 Å². The van der Waals surface area contributed by atoms with Gasteiger partial charge < -0.3 is 15.7 Å². The molecule has 0 aromatic carbocycles. The van der Waals surface area contributed by atoms with Gasteiger partial charge in [0.1, 0.15) is 0 Å². The number of nitrogens with zero attached hydrogens (tertiary/aromatic N) is 3. The molecule has 0 bridgehead atoms. The minimum atomic E-state index is -0.604. The summed E-state index contributed by atoms with van der Waals surface area (Å²) in [5.74, 6) is 0.399. The Bertz CT molecular complexity index is 513. The van der Waals surface area contributed by atoms with Crippen LogP contribution in [0.3, 0.4) is 0 Å². The fourth-order valence-corrected chi connectivity index (χ4v) is 1.61. The van der Waals surface area contributed by atoms with Crippen molar-refractivity contribution in [2.75, 3.05) is 6.61 Å². The third kappa shape index (κ3) is 3.30. The first-order valence-corrected chi connectivity index (χ1v) is 5.87. The first kappa shape index (κ1) is 13.1. The van der Waals surface area contributed by atoms with E-state index >= 15 is 0 Å². The molecule has 1 aromatic heterocycles. The van der Waals surface area contributed by atoms with Gasteiger partial charge in [0.15, 0.2) is 5.84 Å². The van der Waals surface area contributed by atoms with Gasteiger partial charge in [-0.2, -0.15) is 0 Å². The highest BCUT2D eigenvalue weighted by Gasteiger charge is 2.23. The maximum absolute atomic E-state index is 10.9. The highest BCUT2D eigenvalue weighted by atomic mass is 16.6. The number of pyridine rings is 1. The minimum absolute atomic E-state index is 0.0415. The van der Waals surface area contributed by atoms with Crippen molar-refractivity contribution in [1.29, 1.82) is 0 Å². The van der Waals surface area contributed by atoms with Gasteiger partial charge >= 0.3 is 5.69 Å². The summed E-state index contributed by atoms with van der Waals surface area (Å²) in [6.45, 7) is 0.404. The zero-order chi connectivity index (χ0) is 13.8. The van der Waals surface area contributed by atoms with Crippen LogP contribution in [0.4, 0.5) is 5.69 Å². The van der Waals surface area contributed by atoms with Crippen LogP contribution in [0.25, 0.3) is 0 Å². The molecular weight excluding hydrogens is 252 g/mol. The summed E-state index contributed by atoms with van der Waals surface area (Å²) in [4.78, 5) is 14.2. The van der Waals surface area contributed by atoms with Crippen LogP contribution in [0.5, 0.6) is 5.88 Å². The molecule has 2 rings (SSSR count).